The second kappa shape index (κ2) is 4.75. The summed E-state index contributed by atoms with van der Waals surface area (Å²) in [5, 5.41) is 1.31. The average Bonchev–Trinajstić information content (AvgIpc) is 2.73. The van der Waals surface area contributed by atoms with Gasteiger partial charge in [-0.25, -0.2) is 4.98 Å². The molecule has 2 heterocycles. The summed E-state index contributed by atoms with van der Waals surface area (Å²) in [5.41, 5.74) is 0.288. The number of aromatic nitrogens is 2. The minimum atomic E-state index is -0.227. The van der Waals surface area contributed by atoms with Gasteiger partial charge in [0.2, 0.25) is 0 Å². The summed E-state index contributed by atoms with van der Waals surface area (Å²) in [6.45, 7) is 1.78. The van der Waals surface area contributed by atoms with Gasteiger partial charge in [0.15, 0.2) is 5.65 Å². The van der Waals surface area contributed by atoms with Gasteiger partial charge in [0.1, 0.15) is 10.8 Å². The van der Waals surface area contributed by atoms with Crippen molar-refractivity contribution in [2.45, 2.75) is 16.8 Å². The summed E-state index contributed by atoms with van der Waals surface area (Å²) in [4.78, 5) is 17.2. The van der Waals surface area contributed by atoms with Gasteiger partial charge in [0.05, 0.1) is 0 Å². The lowest BCUT2D eigenvalue weighted by Crippen LogP contribution is -2.11. The Balaban J connectivity index is 2.01. The summed E-state index contributed by atoms with van der Waals surface area (Å²) in [6, 6.07) is 10.6. The van der Waals surface area contributed by atoms with Crippen LogP contribution >= 0.6 is 23.4 Å². The van der Waals surface area contributed by atoms with E-state index in [2.05, 4.69) is 4.98 Å². The van der Waals surface area contributed by atoms with Gasteiger partial charge in [-0.05, 0) is 31.2 Å². The maximum Gasteiger partial charge on any atom is 0.288 e. The van der Waals surface area contributed by atoms with Crippen molar-refractivity contribution in [1.29, 1.82) is 0 Å². The lowest BCUT2D eigenvalue weighted by Gasteiger charge is -2.00. The van der Waals surface area contributed by atoms with Crippen molar-refractivity contribution in [2.24, 2.45) is 0 Å². The molecule has 0 radical (unpaired) electrons. The van der Waals surface area contributed by atoms with E-state index in [0.29, 0.717) is 21.5 Å². The van der Waals surface area contributed by atoms with Crippen LogP contribution in [0.4, 0.5) is 0 Å². The molecule has 1 aromatic carbocycles. The maximum absolute atomic E-state index is 11.9. The molecule has 6 heteroatoms. The number of hydrogen-bond donors (Lipinski definition) is 0. The minimum Gasteiger partial charge on any atom is -0.375 e. The third-order valence-electron chi connectivity index (χ3n) is 2.48. The standard InChI is InChI=1S/C13H9ClN2O2S/c1-8-6-11-15-12(7-13(17)16(11)18-8)19-10-4-2-9(14)3-5-10/h2-7H,1H3. The molecule has 0 amide bonds. The molecule has 96 valence electrons. The van der Waals surface area contributed by atoms with Crippen molar-refractivity contribution >= 4 is 29.0 Å². The zero-order valence-corrected chi connectivity index (χ0v) is 11.5. The molecule has 0 aliphatic carbocycles. The van der Waals surface area contributed by atoms with Gasteiger partial charge in [-0.1, -0.05) is 23.4 Å². The molecule has 0 spiro atoms. The Hall–Kier alpha value is -1.72. The van der Waals surface area contributed by atoms with Crippen molar-refractivity contribution in [3.8, 4) is 0 Å². The van der Waals surface area contributed by atoms with Crippen LogP contribution in [0.5, 0.6) is 0 Å². The molecule has 0 aliphatic heterocycles. The highest BCUT2D eigenvalue weighted by Gasteiger charge is 2.07. The number of benzene rings is 1. The van der Waals surface area contributed by atoms with E-state index >= 15 is 0 Å². The molecule has 0 saturated carbocycles. The summed E-state index contributed by atoms with van der Waals surface area (Å²) < 4.78 is 6.42. The Morgan fingerprint density at radius 1 is 1.26 bits per heavy atom. The van der Waals surface area contributed by atoms with Crippen LogP contribution in [0.15, 0.2) is 55.6 Å². The SMILES string of the molecule is Cc1cc2nc(Sc3ccc(Cl)cc3)cc(=O)n2o1. The van der Waals surface area contributed by atoms with Crippen molar-refractivity contribution in [3.63, 3.8) is 0 Å². The summed E-state index contributed by atoms with van der Waals surface area (Å²) in [5.74, 6) is 0.651. The molecule has 19 heavy (non-hydrogen) atoms. The Morgan fingerprint density at radius 2 is 2.00 bits per heavy atom. The molecular formula is C13H9ClN2O2S. The molecule has 0 atom stereocenters. The smallest absolute Gasteiger partial charge is 0.288 e. The third kappa shape index (κ3) is 2.52. The molecule has 0 bridgehead atoms. The van der Waals surface area contributed by atoms with Crippen molar-refractivity contribution in [2.75, 3.05) is 0 Å². The Bertz CT molecular complexity index is 793. The lowest BCUT2D eigenvalue weighted by molar-refractivity contribution is 0.344. The fourth-order valence-electron chi connectivity index (χ4n) is 1.68. The van der Waals surface area contributed by atoms with Gasteiger partial charge in [-0.3, -0.25) is 4.79 Å². The van der Waals surface area contributed by atoms with E-state index < -0.39 is 0 Å². The Morgan fingerprint density at radius 3 is 2.74 bits per heavy atom. The van der Waals surface area contributed by atoms with Gasteiger partial charge in [0.25, 0.3) is 5.56 Å². The first-order chi connectivity index (χ1) is 9.11. The van der Waals surface area contributed by atoms with E-state index in [-0.39, 0.29) is 5.56 Å². The summed E-state index contributed by atoms with van der Waals surface area (Å²) in [7, 11) is 0. The van der Waals surface area contributed by atoms with Crippen LogP contribution < -0.4 is 5.56 Å². The molecule has 3 aromatic rings. The number of halogens is 1. The third-order valence-corrected chi connectivity index (χ3v) is 3.66. The second-order valence-electron chi connectivity index (χ2n) is 3.99. The first-order valence-electron chi connectivity index (χ1n) is 5.56. The van der Waals surface area contributed by atoms with Gasteiger partial charge in [-0.2, -0.15) is 0 Å². The van der Waals surface area contributed by atoms with Gasteiger partial charge in [0, 0.05) is 22.1 Å². The van der Waals surface area contributed by atoms with Crippen molar-refractivity contribution in [1.82, 2.24) is 9.56 Å². The first-order valence-corrected chi connectivity index (χ1v) is 6.75. The summed E-state index contributed by atoms with van der Waals surface area (Å²) in [6.07, 6.45) is 0. The molecule has 0 aliphatic rings. The van der Waals surface area contributed by atoms with Crippen LogP contribution in [-0.4, -0.2) is 9.56 Å². The van der Waals surface area contributed by atoms with Crippen molar-refractivity contribution < 1.29 is 4.52 Å². The van der Waals surface area contributed by atoms with E-state index in [9.17, 15) is 4.79 Å². The van der Waals surface area contributed by atoms with Gasteiger partial charge < -0.3 is 4.52 Å². The topological polar surface area (TPSA) is 47.5 Å². The largest absolute Gasteiger partial charge is 0.375 e. The zero-order valence-electron chi connectivity index (χ0n) is 9.96. The lowest BCUT2D eigenvalue weighted by atomic mass is 10.4. The van der Waals surface area contributed by atoms with Crippen LogP contribution in [0.25, 0.3) is 5.65 Å². The van der Waals surface area contributed by atoms with Crippen molar-refractivity contribution in [3.05, 3.63) is 57.5 Å². The highest BCUT2D eigenvalue weighted by Crippen LogP contribution is 2.26. The predicted octanol–water partition coefficient (Wildman–Crippen LogP) is 3.40. The van der Waals surface area contributed by atoms with E-state index in [1.165, 1.54) is 22.4 Å². The highest BCUT2D eigenvalue weighted by atomic mass is 35.5. The quantitative estimate of drug-likeness (QED) is 0.679. The number of hydrogen-bond acceptors (Lipinski definition) is 4. The number of fused-ring (bicyclic) bond motifs is 1. The predicted molar refractivity (Wildman–Crippen MR) is 74.0 cm³/mol. The molecule has 2 aromatic heterocycles. The van der Waals surface area contributed by atoms with Crippen LogP contribution in [0.1, 0.15) is 5.76 Å². The van der Waals surface area contributed by atoms with Crippen LogP contribution in [0.3, 0.4) is 0 Å². The molecule has 0 unspecified atom stereocenters. The van der Waals surface area contributed by atoms with E-state index in [4.69, 9.17) is 16.1 Å². The fraction of sp³-hybridized carbons (Fsp3) is 0.0769. The van der Waals surface area contributed by atoms with Gasteiger partial charge in [-0.15, -0.1) is 4.57 Å². The Kier molecular flexibility index (Phi) is 3.08. The fourth-order valence-corrected chi connectivity index (χ4v) is 2.62. The normalized spacial score (nSPS) is 11.1. The van der Waals surface area contributed by atoms with E-state index in [1.54, 1.807) is 25.1 Å². The molecule has 0 saturated heterocycles. The minimum absolute atomic E-state index is 0.227. The van der Waals surface area contributed by atoms with E-state index in [1.807, 2.05) is 12.1 Å². The van der Waals surface area contributed by atoms with Crippen LogP contribution in [0, 0.1) is 6.92 Å². The highest BCUT2D eigenvalue weighted by molar-refractivity contribution is 7.99. The molecule has 0 fully saturated rings. The maximum atomic E-state index is 11.9. The number of rotatable bonds is 2. The molecule has 3 rings (SSSR count). The molecule has 0 N–H and O–H groups in total. The van der Waals surface area contributed by atoms with Gasteiger partial charge >= 0.3 is 0 Å². The monoisotopic (exact) mass is 292 g/mol. The second-order valence-corrected chi connectivity index (χ2v) is 5.52. The zero-order chi connectivity index (χ0) is 13.4. The number of aryl methyl sites for hydroxylation is 1. The number of nitrogens with zero attached hydrogens (tertiary/aromatic N) is 2. The first kappa shape index (κ1) is 12.3. The summed E-state index contributed by atoms with van der Waals surface area (Å²) >= 11 is 7.24. The molecular weight excluding hydrogens is 284 g/mol. The van der Waals surface area contributed by atoms with Crippen LogP contribution in [-0.2, 0) is 0 Å². The average molecular weight is 293 g/mol. The molecule has 4 nitrogen and oxygen atoms in total. The van der Waals surface area contributed by atoms with E-state index in [0.717, 1.165) is 4.90 Å². The Labute approximate surface area is 118 Å². The van der Waals surface area contributed by atoms with Crippen LogP contribution in [0.2, 0.25) is 5.02 Å².